The highest BCUT2D eigenvalue weighted by Gasteiger charge is 2.09. The fraction of sp³-hybridized carbons (Fsp3) is 0.0455. The number of nitrogens with zero attached hydrogens (tertiary/aromatic N) is 1. The van der Waals surface area contributed by atoms with E-state index in [1.165, 1.54) is 36.5 Å². The van der Waals surface area contributed by atoms with Crippen molar-refractivity contribution in [2.24, 2.45) is 4.99 Å². The molecule has 0 atom stereocenters. The lowest BCUT2D eigenvalue weighted by Gasteiger charge is -2.09. The molecular weight excluding hydrogens is 411 g/mol. The Morgan fingerprint density at radius 2 is 1.90 bits per heavy atom. The van der Waals surface area contributed by atoms with Crippen molar-refractivity contribution in [1.29, 1.82) is 0 Å². The van der Waals surface area contributed by atoms with Crippen LogP contribution in [-0.4, -0.2) is 29.8 Å². The molecule has 3 aromatic carbocycles. The Balaban J connectivity index is 1.61. The minimum atomic E-state index is -1.03. The number of anilines is 1. The van der Waals surface area contributed by atoms with Gasteiger partial charge in [0.1, 0.15) is 11.6 Å². The van der Waals surface area contributed by atoms with Gasteiger partial charge < -0.3 is 15.2 Å². The Bertz CT molecular complexity index is 1120. The van der Waals surface area contributed by atoms with E-state index in [2.05, 4.69) is 10.3 Å². The van der Waals surface area contributed by atoms with E-state index in [-0.39, 0.29) is 28.6 Å². The molecule has 0 bridgehead atoms. The molecule has 0 radical (unpaired) electrons. The van der Waals surface area contributed by atoms with Gasteiger partial charge in [0, 0.05) is 6.21 Å². The van der Waals surface area contributed by atoms with E-state index in [0.29, 0.717) is 11.3 Å². The molecule has 1 amide bonds. The highest BCUT2D eigenvalue weighted by Crippen LogP contribution is 2.25. The van der Waals surface area contributed by atoms with Crippen LogP contribution in [0.2, 0.25) is 5.02 Å². The maximum Gasteiger partial charge on any atom is 0.335 e. The summed E-state index contributed by atoms with van der Waals surface area (Å²) >= 11 is 6.19. The summed E-state index contributed by atoms with van der Waals surface area (Å²) in [6, 6.07) is 16.9. The maximum atomic E-state index is 13.6. The summed E-state index contributed by atoms with van der Waals surface area (Å²) in [6.07, 6.45) is 1.53. The summed E-state index contributed by atoms with van der Waals surface area (Å²) < 4.78 is 19.0. The van der Waals surface area contributed by atoms with Gasteiger partial charge in [-0.3, -0.25) is 9.79 Å². The molecule has 8 heteroatoms. The van der Waals surface area contributed by atoms with Gasteiger partial charge in [-0.15, -0.1) is 0 Å². The molecule has 0 aliphatic carbocycles. The second kappa shape index (κ2) is 9.67. The SMILES string of the molecule is O=C(COc1ccc(C=Nc2cccc(C(=O)O)c2)cc1Cl)Nc1ccccc1F. The summed E-state index contributed by atoms with van der Waals surface area (Å²) in [5, 5.41) is 11.7. The fourth-order valence-electron chi connectivity index (χ4n) is 2.47. The highest BCUT2D eigenvalue weighted by molar-refractivity contribution is 6.32. The van der Waals surface area contributed by atoms with E-state index in [0.717, 1.165) is 0 Å². The van der Waals surface area contributed by atoms with E-state index >= 15 is 0 Å². The zero-order valence-electron chi connectivity index (χ0n) is 15.5. The average Bonchev–Trinajstić information content (AvgIpc) is 2.73. The van der Waals surface area contributed by atoms with Gasteiger partial charge in [-0.05, 0) is 54.1 Å². The fourth-order valence-corrected chi connectivity index (χ4v) is 2.72. The Morgan fingerprint density at radius 1 is 1.10 bits per heavy atom. The summed E-state index contributed by atoms with van der Waals surface area (Å²) in [5.41, 5.74) is 1.34. The van der Waals surface area contributed by atoms with E-state index < -0.39 is 17.7 Å². The van der Waals surface area contributed by atoms with Crippen LogP contribution in [-0.2, 0) is 4.79 Å². The number of rotatable bonds is 7. The summed E-state index contributed by atoms with van der Waals surface area (Å²) in [7, 11) is 0. The molecule has 30 heavy (non-hydrogen) atoms. The smallest absolute Gasteiger partial charge is 0.335 e. The number of halogens is 2. The van der Waals surface area contributed by atoms with Crippen molar-refractivity contribution in [1.82, 2.24) is 0 Å². The lowest BCUT2D eigenvalue weighted by Crippen LogP contribution is -2.20. The largest absolute Gasteiger partial charge is 0.482 e. The lowest BCUT2D eigenvalue weighted by atomic mass is 10.2. The first-order chi connectivity index (χ1) is 14.4. The number of carboxylic acid groups (broad SMARTS) is 1. The topological polar surface area (TPSA) is 88.0 Å². The van der Waals surface area contributed by atoms with Crippen molar-refractivity contribution < 1.29 is 23.8 Å². The molecule has 0 heterocycles. The second-order valence-electron chi connectivity index (χ2n) is 6.12. The monoisotopic (exact) mass is 426 g/mol. The highest BCUT2D eigenvalue weighted by atomic mass is 35.5. The molecule has 6 nitrogen and oxygen atoms in total. The van der Waals surface area contributed by atoms with E-state index in [1.54, 1.807) is 36.4 Å². The van der Waals surface area contributed by atoms with Crippen molar-refractivity contribution in [2.45, 2.75) is 0 Å². The minimum Gasteiger partial charge on any atom is -0.482 e. The lowest BCUT2D eigenvalue weighted by molar-refractivity contribution is -0.118. The number of amides is 1. The summed E-state index contributed by atoms with van der Waals surface area (Å²) in [4.78, 5) is 27.2. The quantitative estimate of drug-likeness (QED) is 0.523. The number of carbonyl (C=O) groups is 2. The van der Waals surface area contributed by atoms with Crippen molar-refractivity contribution >= 4 is 41.1 Å². The van der Waals surface area contributed by atoms with E-state index in [9.17, 15) is 14.0 Å². The summed E-state index contributed by atoms with van der Waals surface area (Å²) in [6.45, 7) is -0.344. The van der Waals surface area contributed by atoms with Crippen molar-refractivity contribution in [3.63, 3.8) is 0 Å². The zero-order chi connectivity index (χ0) is 21.5. The third-order valence-corrected chi connectivity index (χ3v) is 4.21. The van der Waals surface area contributed by atoms with Crippen molar-refractivity contribution in [3.05, 3.63) is 88.7 Å². The Kier molecular flexibility index (Phi) is 6.77. The van der Waals surface area contributed by atoms with Crippen LogP contribution in [0, 0.1) is 5.82 Å². The maximum absolute atomic E-state index is 13.6. The Hall–Kier alpha value is -3.71. The molecular formula is C22H16ClFN2O4. The zero-order valence-corrected chi connectivity index (χ0v) is 16.3. The number of hydrogen-bond donors (Lipinski definition) is 2. The summed E-state index contributed by atoms with van der Waals surface area (Å²) in [5.74, 6) is -1.82. The molecule has 0 spiro atoms. The number of carboxylic acids is 1. The van der Waals surface area contributed by atoms with Crippen LogP contribution in [0.4, 0.5) is 15.8 Å². The number of ether oxygens (including phenoxy) is 1. The van der Waals surface area contributed by atoms with Gasteiger partial charge in [0.15, 0.2) is 6.61 Å². The molecule has 3 aromatic rings. The molecule has 0 aliphatic rings. The molecule has 0 unspecified atom stereocenters. The van der Waals surface area contributed by atoms with Crippen LogP contribution in [0.25, 0.3) is 0 Å². The number of hydrogen-bond acceptors (Lipinski definition) is 4. The van der Waals surface area contributed by atoms with Crippen molar-refractivity contribution in [2.75, 3.05) is 11.9 Å². The molecule has 0 aromatic heterocycles. The molecule has 0 saturated carbocycles. The normalized spacial score (nSPS) is 10.7. The van der Waals surface area contributed by atoms with Crippen LogP contribution in [0.3, 0.4) is 0 Å². The first kappa shape index (κ1) is 21.0. The number of aliphatic imine (C=N–C) groups is 1. The molecule has 152 valence electrons. The average molecular weight is 427 g/mol. The number of para-hydroxylation sites is 1. The van der Waals surface area contributed by atoms with Gasteiger partial charge in [-0.25, -0.2) is 9.18 Å². The number of aromatic carboxylic acids is 1. The van der Waals surface area contributed by atoms with Gasteiger partial charge in [-0.2, -0.15) is 0 Å². The molecule has 3 rings (SSSR count). The predicted octanol–water partition coefficient (Wildman–Crippen LogP) is 4.95. The second-order valence-corrected chi connectivity index (χ2v) is 6.53. The third kappa shape index (κ3) is 5.65. The third-order valence-electron chi connectivity index (χ3n) is 3.92. The molecule has 2 N–H and O–H groups in total. The molecule has 0 saturated heterocycles. The Labute approximate surface area is 176 Å². The van der Waals surface area contributed by atoms with Gasteiger partial charge in [-0.1, -0.05) is 29.8 Å². The van der Waals surface area contributed by atoms with Gasteiger partial charge in [0.2, 0.25) is 0 Å². The number of benzene rings is 3. The number of nitrogens with one attached hydrogen (secondary N) is 1. The number of carbonyl (C=O) groups excluding carboxylic acids is 1. The van der Waals surface area contributed by atoms with E-state index in [4.69, 9.17) is 21.4 Å². The van der Waals surface area contributed by atoms with Crippen molar-refractivity contribution in [3.8, 4) is 5.75 Å². The van der Waals surface area contributed by atoms with Gasteiger partial charge in [0.05, 0.1) is 22.0 Å². The van der Waals surface area contributed by atoms with Crippen LogP contribution < -0.4 is 10.1 Å². The van der Waals surface area contributed by atoms with Gasteiger partial charge >= 0.3 is 5.97 Å². The Morgan fingerprint density at radius 3 is 2.63 bits per heavy atom. The molecule has 0 fully saturated rings. The van der Waals surface area contributed by atoms with Crippen LogP contribution in [0.15, 0.2) is 71.7 Å². The van der Waals surface area contributed by atoms with E-state index in [1.807, 2.05) is 0 Å². The predicted molar refractivity (Wildman–Crippen MR) is 113 cm³/mol. The standard InChI is InChI=1S/C22H16ClFN2O4/c23-17-10-14(12-25-16-5-3-4-15(11-16)22(28)29)8-9-20(17)30-13-21(27)26-19-7-2-1-6-18(19)24/h1-12H,13H2,(H,26,27)(H,28,29). The van der Waals surface area contributed by atoms with Crippen LogP contribution in [0.1, 0.15) is 15.9 Å². The molecule has 0 aliphatic heterocycles. The first-order valence-electron chi connectivity index (χ1n) is 8.76. The minimum absolute atomic E-state index is 0.0655. The van der Waals surface area contributed by atoms with Crippen LogP contribution >= 0.6 is 11.6 Å². The van der Waals surface area contributed by atoms with Gasteiger partial charge in [0.25, 0.3) is 5.91 Å². The van der Waals surface area contributed by atoms with Crippen LogP contribution in [0.5, 0.6) is 5.75 Å². The first-order valence-corrected chi connectivity index (χ1v) is 9.14.